The molecule has 0 radical (unpaired) electrons. The molecule has 1 saturated heterocycles. The first-order valence-electron chi connectivity index (χ1n) is 11.5. The first-order valence-corrected chi connectivity index (χ1v) is 11.5. The zero-order chi connectivity index (χ0) is 23.1. The maximum absolute atomic E-state index is 12.3. The van der Waals surface area contributed by atoms with Crippen LogP contribution in [0.15, 0.2) is 40.6 Å². The average Bonchev–Trinajstić information content (AvgIpc) is 2.73. The Bertz CT molecular complexity index is 866. The summed E-state index contributed by atoms with van der Waals surface area (Å²) in [5.74, 6) is 0.139. The van der Waals surface area contributed by atoms with E-state index < -0.39 is 0 Å². The van der Waals surface area contributed by atoms with E-state index in [0.717, 1.165) is 44.8 Å². The van der Waals surface area contributed by atoms with Crippen molar-refractivity contribution in [3.63, 3.8) is 0 Å². The van der Waals surface area contributed by atoms with Gasteiger partial charge in [0.05, 0.1) is 18.7 Å². The van der Waals surface area contributed by atoms with Crippen LogP contribution >= 0.6 is 0 Å². The third-order valence-corrected chi connectivity index (χ3v) is 6.14. The summed E-state index contributed by atoms with van der Waals surface area (Å²) >= 11 is 0. The minimum Gasteiger partial charge on any atom is -0.511 e. The Morgan fingerprint density at radius 1 is 1.12 bits per heavy atom. The molecule has 3 rings (SSSR count). The number of piperazine rings is 1. The van der Waals surface area contributed by atoms with Gasteiger partial charge in [0, 0.05) is 57.5 Å². The van der Waals surface area contributed by atoms with Crippen molar-refractivity contribution in [2.24, 2.45) is 10.4 Å². The lowest BCUT2D eigenvalue weighted by Gasteiger charge is -2.33. The summed E-state index contributed by atoms with van der Waals surface area (Å²) < 4.78 is 0. The first kappa shape index (κ1) is 24.1. The van der Waals surface area contributed by atoms with Crippen LogP contribution in [0.2, 0.25) is 0 Å². The molecule has 32 heavy (non-hydrogen) atoms. The number of aryl methyl sites for hydroxylation is 1. The monoisotopic (exact) mass is 440 g/mol. The predicted molar refractivity (Wildman–Crippen MR) is 128 cm³/mol. The molecule has 0 unspecified atom stereocenters. The summed E-state index contributed by atoms with van der Waals surface area (Å²) in [5.41, 5.74) is 2.27. The molecule has 0 atom stereocenters. The van der Waals surface area contributed by atoms with Gasteiger partial charge in [0.2, 0.25) is 5.91 Å². The van der Waals surface area contributed by atoms with E-state index in [0.29, 0.717) is 31.5 Å². The second kappa shape index (κ2) is 10.9. The molecule has 0 bridgehead atoms. The van der Waals surface area contributed by atoms with Crippen LogP contribution < -0.4 is 5.32 Å². The van der Waals surface area contributed by atoms with Gasteiger partial charge < -0.3 is 10.4 Å². The molecule has 2 N–H and O–H groups in total. The van der Waals surface area contributed by atoms with Crippen LogP contribution in [0.1, 0.15) is 39.2 Å². The molecule has 0 spiro atoms. The average molecular weight is 441 g/mol. The van der Waals surface area contributed by atoms with E-state index in [1.807, 2.05) is 38.1 Å². The number of Topliss-reactive ketones (excluding diaryl/α,β-unsaturated/α-hetero) is 1. The summed E-state index contributed by atoms with van der Waals surface area (Å²) in [6.07, 6.45) is 3.48. The maximum atomic E-state index is 12.3. The number of hydrogen-bond acceptors (Lipinski definition) is 6. The van der Waals surface area contributed by atoms with Crippen molar-refractivity contribution in [3.8, 4) is 0 Å². The van der Waals surface area contributed by atoms with Gasteiger partial charge in [0.15, 0.2) is 5.78 Å². The lowest BCUT2D eigenvalue weighted by molar-refractivity contribution is -0.118. The normalized spacial score (nSPS) is 20.2. The van der Waals surface area contributed by atoms with E-state index in [1.165, 1.54) is 5.56 Å². The van der Waals surface area contributed by atoms with Gasteiger partial charge in [-0.1, -0.05) is 32.9 Å². The van der Waals surface area contributed by atoms with Gasteiger partial charge >= 0.3 is 0 Å². The quantitative estimate of drug-likeness (QED) is 0.607. The second-order valence-electron chi connectivity index (χ2n) is 9.55. The molecule has 7 heteroatoms. The third-order valence-electron chi connectivity index (χ3n) is 6.14. The van der Waals surface area contributed by atoms with Crippen molar-refractivity contribution < 1.29 is 14.7 Å². The number of rotatable bonds is 8. The number of carbonyl (C=O) groups is 2. The number of amides is 1. The Kier molecular flexibility index (Phi) is 8.21. The van der Waals surface area contributed by atoms with Gasteiger partial charge in [0.1, 0.15) is 5.76 Å². The number of aliphatic imine (C=N–C) groups is 1. The fraction of sp³-hybridized carbons (Fsp3) is 0.560. The van der Waals surface area contributed by atoms with Crippen molar-refractivity contribution >= 4 is 23.6 Å². The number of aliphatic hydroxyl groups is 1. The molecule has 174 valence electrons. The molecule has 1 fully saturated rings. The molecule has 1 amide bonds. The van der Waals surface area contributed by atoms with E-state index >= 15 is 0 Å². The van der Waals surface area contributed by atoms with Crippen molar-refractivity contribution in [2.75, 3.05) is 51.1 Å². The highest BCUT2D eigenvalue weighted by atomic mass is 16.3. The maximum Gasteiger partial charge on any atom is 0.238 e. The van der Waals surface area contributed by atoms with E-state index in [-0.39, 0.29) is 22.9 Å². The molecular weight excluding hydrogens is 404 g/mol. The van der Waals surface area contributed by atoms with E-state index in [1.54, 1.807) is 6.21 Å². The topological polar surface area (TPSA) is 85.2 Å². The Balaban J connectivity index is 1.36. The van der Waals surface area contributed by atoms with Crippen LogP contribution in [0, 0.1) is 5.41 Å². The highest BCUT2D eigenvalue weighted by molar-refractivity contribution is 6.14. The zero-order valence-corrected chi connectivity index (χ0v) is 19.6. The number of anilines is 1. The number of carbonyl (C=O) groups excluding carboxylic acids is 2. The van der Waals surface area contributed by atoms with Crippen LogP contribution in [-0.4, -0.2) is 78.6 Å². The van der Waals surface area contributed by atoms with Crippen LogP contribution in [0.4, 0.5) is 5.69 Å². The summed E-state index contributed by atoms with van der Waals surface area (Å²) in [6, 6.07) is 7.99. The molecule has 1 aliphatic heterocycles. The number of aliphatic hydroxyl groups excluding tert-OH is 1. The van der Waals surface area contributed by atoms with Gasteiger partial charge in [-0.2, -0.15) is 0 Å². The van der Waals surface area contributed by atoms with Gasteiger partial charge in [-0.25, -0.2) is 0 Å². The smallest absolute Gasteiger partial charge is 0.238 e. The third kappa shape index (κ3) is 7.00. The Morgan fingerprint density at radius 3 is 2.41 bits per heavy atom. The lowest BCUT2D eigenvalue weighted by atomic mass is 9.77. The van der Waals surface area contributed by atoms with Crippen LogP contribution in [-0.2, 0) is 16.0 Å². The molecule has 0 saturated carbocycles. The second-order valence-corrected chi connectivity index (χ2v) is 9.55. The molecule has 1 heterocycles. The number of benzene rings is 1. The first-order chi connectivity index (χ1) is 15.3. The highest BCUT2D eigenvalue weighted by Crippen LogP contribution is 2.35. The fourth-order valence-corrected chi connectivity index (χ4v) is 4.20. The summed E-state index contributed by atoms with van der Waals surface area (Å²) in [6.45, 7) is 11.3. The number of hydrogen-bond donors (Lipinski definition) is 2. The molecule has 0 aromatic heterocycles. The van der Waals surface area contributed by atoms with Gasteiger partial charge in [-0.05, 0) is 29.5 Å². The van der Waals surface area contributed by atoms with Gasteiger partial charge in [-0.15, -0.1) is 0 Å². The summed E-state index contributed by atoms with van der Waals surface area (Å²) in [4.78, 5) is 33.4. The largest absolute Gasteiger partial charge is 0.511 e. The number of ketones is 1. The van der Waals surface area contributed by atoms with Gasteiger partial charge in [-0.3, -0.25) is 24.4 Å². The molecule has 1 aromatic carbocycles. The van der Waals surface area contributed by atoms with Crippen molar-refractivity contribution in [2.45, 2.75) is 40.0 Å². The van der Waals surface area contributed by atoms with Crippen molar-refractivity contribution in [1.29, 1.82) is 0 Å². The van der Waals surface area contributed by atoms with E-state index in [9.17, 15) is 14.7 Å². The van der Waals surface area contributed by atoms with Crippen LogP contribution in [0.25, 0.3) is 0 Å². The van der Waals surface area contributed by atoms with Crippen LogP contribution in [0.5, 0.6) is 0 Å². The zero-order valence-electron chi connectivity index (χ0n) is 19.6. The Hall–Kier alpha value is -2.51. The van der Waals surface area contributed by atoms with Crippen molar-refractivity contribution in [1.82, 2.24) is 9.80 Å². The molecular formula is C25H36N4O3. The Labute approximate surface area is 191 Å². The molecule has 7 nitrogen and oxygen atoms in total. The number of nitrogens with one attached hydrogen (secondary N) is 1. The molecule has 1 aliphatic carbocycles. The van der Waals surface area contributed by atoms with E-state index in [2.05, 4.69) is 27.0 Å². The molecule has 1 aromatic rings. The number of allylic oxidation sites excluding steroid dienone is 2. The molecule has 2 aliphatic rings. The highest BCUT2D eigenvalue weighted by Gasteiger charge is 2.32. The minimum atomic E-state index is -0.186. The minimum absolute atomic E-state index is 0.0145. The lowest BCUT2D eigenvalue weighted by Crippen LogP contribution is -2.49. The predicted octanol–water partition coefficient (Wildman–Crippen LogP) is 3.08. The van der Waals surface area contributed by atoms with E-state index in [4.69, 9.17) is 0 Å². The SMILES string of the molecule is CCc1ccc(NC(=O)CN2CCN(CCN=CC3=C(O)CC(C)(C)CC3=O)CC2)cc1. The summed E-state index contributed by atoms with van der Waals surface area (Å²) in [5, 5.41) is 13.1. The van der Waals surface area contributed by atoms with Gasteiger partial charge in [0.25, 0.3) is 0 Å². The fourth-order valence-electron chi connectivity index (χ4n) is 4.20. The standard InChI is InChI=1S/C25H36N4O3/c1-4-19-5-7-20(8-6-19)27-24(32)18-29-13-11-28(12-14-29)10-9-26-17-21-22(30)15-25(2,3)16-23(21)31/h5-8,17,30H,4,9-16,18H2,1-3H3,(H,27,32). The summed E-state index contributed by atoms with van der Waals surface area (Å²) in [7, 11) is 0. The number of nitrogens with zero attached hydrogens (tertiary/aromatic N) is 3. The van der Waals surface area contributed by atoms with Crippen LogP contribution in [0.3, 0.4) is 0 Å². The van der Waals surface area contributed by atoms with Crippen molar-refractivity contribution in [3.05, 3.63) is 41.2 Å². The Morgan fingerprint density at radius 2 is 1.78 bits per heavy atom.